The van der Waals surface area contributed by atoms with Gasteiger partial charge in [-0.2, -0.15) is 0 Å². The molecule has 0 aliphatic carbocycles. The average molecular weight is 453 g/mol. The van der Waals surface area contributed by atoms with Crippen molar-refractivity contribution in [3.63, 3.8) is 0 Å². The molecular weight excluding hydrogens is 408 g/mol. The van der Waals surface area contributed by atoms with E-state index in [1.54, 1.807) is 0 Å². The minimum atomic E-state index is -2.37. The summed E-state index contributed by atoms with van der Waals surface area (Å²) in [6.07, 6.45) is 15.1. The first-order valence-corrected chi connectivity index (χ1v) is 14.4. The van der Waals surface area contributed by atoms with Crippen LogP contribution in [0.2, 0.25) is 5.04 Å². The molecule has 0 aliphatic heterocycles. The monoisotopic (exact) mass is 452 g/mol. The summed E-state index contributed by atoms with van der Waals surface area (Å²) in [5.74, 6) is 0. The molecule has 0 bridgehead atoms. The van der Waals surface area contributed by atoms with Crippen LogP contribution in [0.3, 0.4) is 0 Å². The third-order valence-corrected chi connectivity index (χ3v) is 11.2. The van der Waals surface area contributed by atoms with Crippen LogP contribution >= 0.6 is 0 Å². The van der Waals surface area contributed by atoms with E-state index in [4.69, 9.17) is 9.53 Å². The summed E-state index contributed by atoms with van der Waals surface area (Å²) in [5, 5.41) is 11.6. The molecule has 0 amide bonds. The molecule has 3 heteroatoms. The number of aliphatic hydroxyl groups is 1. The summed E-state index contributed by atoms with van der Waals surface area (Å²) < 4.78 is 6.97. The van der Waals surface area contributed by atoms with Gasteiger partial charge in [0, 0.05) is 13.2 Å². The van der Waals surface area contributed by atoms with Crippen LogP contribution in [0.1, 0.15) is 78.6 Å². The largest absolute Gasteiger partial charge is 0.407 e. The summed E-state index contributed by atoms with van der Waals surface area (Å²) in [4.78, 5) is 0. The lowest BCUT2D eigenvalue weighted by Gasteiger charge is -2.43. The van der Waals surface area contributed by atoms with E-state index < -0.39 is 8.32 Å². The number of rotatable bonds is 15. The Hall–Kier alpha value is -1.68. The lowest BCUT2D eigenvalue weighted by Crippen LogP contribution is -2.66. The van der Waals surface area contributed by atoms with Gasteiger partial charge in [-0.25, -0.2) is 0 Å². The van der Waals surface area contributed by atoms with Crippen LogP contribution in [-0.2, 0) is 4.43 Å². The fourth-order valence-electron chi connectivity index (χ4n) is 4.49. The number of hydrogen-bond acceptors (Lipinski definition) is 2. The van der Waals surface area contributed by atoms with Gasteiger partial charge >= 0.3 is 0 Å². The SMILES string of the molecule is CC(C)(C)[Si](OCCCCCCC/C=C\CCCCO)(c1ccccc1)c1ccccc1. The first-order chi connectivity index (χ1) is 15.5. The van der Waals surface area contributed by atoms with E-state index in [-0.39, 0.29) is 5.04 Å². The summed E-state index contributed by atoms with van der Waals surface area (Å²) >= 11 is 0. The van der Waals surface area contributed by atoms with Gasteiger partial charge in [0.15, 0.2) is 0 Å². The van der Waals surface area contributed by atoms with Gasteiger partial charge in [0.2, 0.25) is 0 Å². The molecule has 32 heavy (non-hydrogen) atoms. The predicted octanol–water partition coefficient (Wildman–Crippen LogP) is 6.62. The first-order valence-electron chi connectivity index (χ1n) is 12.5. The van der Waals surface area contributed by atoms with E-state index in [0.717, 1.165) is 32.3 Å². The molecule has 0 atom stereocenters. The van der Waals surface area contributed by atoms with Gasteiger partial charge in [0.1, 0.15) is 0 Å². The standard InChI is InChI=1S/C29H44O2Si/c1-29(2,3)32(27-21-15-13-16-22-27,28-23-17-14-18-24-28)31-26-20-12-10-8-6-4-5-7-9-11-19-25-30/h5,7,13-18,21-24,30H,4,6,8-12,19-20,25-26H2,1-3H3/b7-5-. The van der Waals surface area contributed by atoms with Crippen molar-refractivity contribution in [2.45, 2.75) is 83.6 Å². The molecule has 2 rings (SSSR count). The molecule has 0 aromatic heterocycles. The Morgan fingerprint density at radius 2 is 1.16 bits per heavy atom. The first kappa shape index (κ1) is 26.6. The van der Waals surface area contributed by atoms with Crippen molar-refractivity contribution < 1.29 is 9.53 Å². The van der Waals surface area contributed by atoms with E-state index in [2.05, 4.69) is 93.6 Å². The molecule has 0 saturated heterocycles. The fourth-order valence-corrected chi connectivity index (χ4v) is 9.10. The van der Waals surface area contributed by atoms with Crippen LogP contribution in [0.5, 0.6) is 0 Å². The predicted molar refractivity (Wildman–Crippen MR) is 141 cm³/mol. The van der Waals surface area contributed by atoms with Crippen molar-refractivity contribution >= 4 is 18.7 Å². The van der Waals surface area contributed by atoms with Crippen molar-refractivity contribution in [3.05, 3.63) is 72.8 Å². The smallest absolute Gasteiger partial charge is 0.261 e. The van der Waals surface area contributed by atoms with Crippen molar-refractivity contribution in [1.82, 2.24) is 0 Å². The minimum absolute atomic E-state index is 0.0548. The van der Waals surface area contributed by atoms with Crippen molar-refractivity contribution in [3.8, 4) is 0 Å². The molecule has 176 valence electrons. The van der Waals surface area contributed by atoms with Crippen LogP contribution in [0, 0.1) is 0 Å². The molecular formula is C29H44O2Si. The highest BCUT2D eigenvalue weighted by Crippen LogP contribution is 2.36. The number of aliphatic hydroxyl groups excluding tert-OH is 1. The highest BCUT2D eigenvalue weighted by Gasteiger charge is 2.49. The van der Waals surface area contributed by atoms with Gasteiger partial charge in [-0.1, -0.05) is 113 Å². The maximum Gasteiger partial charge on any atom is 0.261 e. The summed E-state index contributed by atoms with van der Waals surface area (Å²) in [5.41, 5.74) is 0. The number of unbranched alkanes of at least 4 members (excludes halogenated alkanes) is 7. The van der Waals surface area contributed by atoms with Crippen molar-refractivity contribution in [2.24, 2.45) is 0 Å². The molecule has 2 aromatic rings. The Morgan fingerprint density at radius 3 is 1.66 bits per heavy atom. The molecule has 0 spiro atoms. The number of hydrogen-bond donors (Lipinski definition) is 1. The lowest BCUT2D eigenvalue weighted by molar-refractivity contribution is 0.285. The van der Waals surface area contributed by atoms with Gasteiger partial charge in [-0.15, -0.1) is 0 Å². The second kappa shape index (κ2) is 14.5. The number of benzene rings is 2. The Kier molecular flexibility index (Phi) is 12.0. The van der Waals surface area contributed by atoms with E-state index >= 15 is 0 Å². The molecule has 2 nitrogen and oxygen atoms in total. The molecule has 0 saturated carbocycles. The maximum absolute atomic E-state index is 8.80. The topological polar surface area (TPSA) is 29.5 Å². The fraction of sp³-hybridized carbons (Fsp3) is 0.517. The summed E-state index contributed by atoms with van der Waals surface area (Å²) in [6.45, 7) is 8.18. The van der Waals surface area contributed by atoms with E-state index in [1.165, 1.54) is 42.5 Å². The Morgan fingerprint density at radius 1 is 0.688 bits per heavy atom. The van der Waals surface area contributed by atoms with E-state index in [9.17, 15) is 0 Å². The van der Waals surface area contributed by atoms with Gasteiger partial charge in [-0.05, 0) is 53.9 Å². The Balaban J connectivity index is 1.86. The molecule has 0 unspecified atom stereocenters. The highest BCUT2D eigenvalue weighted by atomic mass is 28.4. The lowest BCUT2D eigenvalue weighted by atomic mass is 10.1. The molecule has 0 aliphatic rings. The van der Waals surface area contributed by atoms with Gasteiger partial charge < -0.3 is 9.53 Å². The van der Waals surface area contributed by atoms with Crippen LogP contribution in [0.15, 0.2) is 72.8 Å². The minimum Gasteiger partial charge on any atom is -0.407 e. The zero-order valence-electron chi connectivity index (χ0n) is 20.6. The van der Waals surface area contributed by atoms with E-state index in [0.29, 0.717) is 6.61 Å². The molecule has 2 aromatic carbocycles. The molecule has 1 N–H and O–H groups in total. The van der Waals surface area contributed by atoms with Gasteiger partial charge in [0.05, 0.1) is 0 Å². The van der Waals surface area contributed by atoms with E-state index in [1.807, 2.05) is 0 Å². The molecule has 0 heterocycles. The quantitative estimate of drug-likeness (QED) is 0.187. The van der Waals surface area contributed by atoms with Crippen LogP contribution < -0.4 is 10.4 Å². The van der Waals surface area contributed by atoms with Gasteiger partial charge in [0.25, 0.3) is 8.32 Å². The average Bonchev–Trinajstić information content (AvgIpc) is 2.80. The Bertz CT molecular complexity index is 710. The molecule has 0 radical (unpaired) electrons. The summed E-state index contributed by atoms with van der Waals surface area (Å²) in [6, 6.07) is 21.9. The highest BCUT2D eigenvalue weighted by molar-refractivity contribution is 6.99. The van der Waals surface area contributed by atoms with Crippen LogP contribution in [0.4, 0.5) is 0 Å². The third-order valence-electron chi connectivity index (χ3n) is 6.20. The second-order valence-electron chi connectivity index (χ2n) is 9.76. The van der Waals surface area contributed by atoms with Crippen LogP contribution in [0.25, 0.3) is 0 Å². The zero-order chi connectivity index (χ0) is 23.1. The second-order valence-corrected chi connectivity index (χ2v) is 14.1. The summed E-state index contributed by atoms with van der Waals surface area (Å²) in [7, 11) is -2.37. The van der Waals surface area contributed by atoms with Crippen molar-refractivity contribution in [1.29, 1.82) is 0 Å². The zero-order valence-corrected chi connectivity index (χ0v) is 21.6. The third kappa shape index (κ3) is 8.02. The van der Waals surface area contributed by atoms with Gasteiger partial charge in [-0.3, -0.25) is 0 Å². The normalized spacial score (nSPS) is 12.5. The molecule has 0 fully saturated rings. The number of allylic oxidation sites excluding steroid dienone is 2. The maximum atomic E-state index is 8.80. The Labute approximate surface area is 197 Å². The van der Waals surface area contributed by atoms with Crippen LogP contribution in [-0.4, -0.2) is 26.6 Å². The van der Waals surface area contributed by atoms with Crippen molar-refractivity contribution in [2.75, 3.05) is 13.2 Å².